The van der Waals surface area contributed by atoms with Crippen LogP contribution >= 0.6 is 10.7 Å². The van der Waals surface area contributed by atoms with Gasteiger partial charge in [-0.05, 0) is 32.9 Å². The summed E-state index contributed by atoms with van der Waals surface area (Å²) in [7, 11) is 1.14. The van der Waals surface area contributed by atoms with Crippen LogP contribution in [0.2, 0.25) is 0 Å². The molecule has 100 valence electrons. The molecule has 0 saturated heterocycles. The van der Waals surface area contributed by atoms with Gasteiger partial charge in [-0.15, -0.1) is 10.2 Å². The maximum Gasteiger partial charge on any atom is 0.413 e. The Balaban J connectivity index is 2.73. The van der Waals surface area contributed by atoms with Gasteiger partial charge >= 0.3 is 6.09 Å². The average Bonchev–Trinajstić information content (AvgIpc) is 2.13. The fourth-order valence-electron chi connectivity index (χ4n) is 0.925. The number of nitrogens with zero attached hydrogens (tertiary/aromatic N) is 2. The molecule has 1 amide bonds. The largest absolute Gasteiger partial charge is 0.444 e. The molecular formula is C9H12ClN3O4S. The summed E-state index contributed by atoms with van der Waals surface area (Å²) in [6.07, 6.45) is -0.710. The summed E-state index contributed by atoms with van der Waals surface area (Å²) in [5, 5.41) is 8.76. The van der Waals surface area contributed by atoms with Crippen LogP contribution in [0, 0.1) is 0 Å². The third-order valence-electron chi connectivity index (χ3n) is 1.52. The number of rotatable bonds is 2. The highest BCUT2D eigenvalue weighted by Gasteiger charge is 2.17. The smallest absolute Gasteiger partial charge is 0.413 e. The van der Waals surface area contributed by atoms with Gasteiger partial charge in [0.1, 0.15) is 5.60 Å². The van der Waals surface area contributed by atoms with Gasteiger partial charge in [0.05, 0.1) is 0 Å². The minimum Gasteiger partial charge on any atom is -0.444 e. The molecule has 9 heteroatoms. The summed E-state index contributed by atoms with van der Waals surface area (Å²) in [5.74, 6) is 0.0633. The highest BCUT2D eigenvalue weighted by atomic mass is 35.7. The number of anilines is 1. The fraction of sp³-hybridized carbons (Fsp3) is 0.444. The van der Waals surface area contributed by atoms with Crippen molar-refractivity contribution in [1.29, 1.82) is 0 Å². The summed E-state index contributed by atoms with van der Waals surface area (Å²) in [6.45, 7) is 5.13. The van der Waals surface area contributed by atoms with Gasteiger partial charge in [-0.3, -0.25) is 5.32 Å². The van der Waals surface area contributed by atoms with Crippen LogP contribution in [0.25, 0.3) is 0 Å². The average molecular weight is 294 g/mol. The summed E-state index contributed by atoms with van der Waals surface area (Å²) < 4.78 is 26.8. The standard InChI is InChI=1S/C9H12ClN3O4S/c1-9(2,3)17-8(14)11-6-4-5-7(13-12-6)18(10,15)16/h4-5H,1-3H3,(H,11,12,14). The molecule has 0 aliphatic rings. The van der Waals surface area contributed by atoms with E-state index in [1.807, 2.05) is 0 Å². The molecule has 0 atom stereocenters. The molecule has 0 saturated carbocycles. The first kappa shape index (κ1) is 14.7. The first-order valence-corrected chi connectivity index (χ1v) is 7.17. The topological polar surface area (TPSA) is 98.2 Å². The lowest BCUT2D eigenvalue weighted by Gasteiger charge is -2.19. The molecular weight excluding hydrogens is 282 g/mol. The van der Waals surface area contributed by atoms with Gasteiger partial charge in [0.2, 0.25) is 0 Å². The lowest BCUT2D eigenvalue weighted by Crippen LogP contribution is -2.27. The van der Waals surface area contributed by atoms with E-state index in [4.69, 9.17) is 15.4 Å². The second-order valence-electron chi connectivity index (χ2n) is 4.32. The first-order valence-electron chi connectivity index (χ1n) is 4.86. The maximum atomic E-state index is 11.4. The molecule has 18 heavy (non-hydrogen) atoms. The lowest BCUT2D eigenvalue weighted by atomic mass is 10.2. The van der Waals surface area contributed by atoms with E-state index < -0.39 is 20.7 Å². The quantitative estimate of drug-likeness (QED) is 0.834. The highest BCUT2D eigenvalue weighted by molar-refractivity contribution is 8.13. The van der Waals surface area contributed by atoms with Gasteiger partial charge in [-0.1, -0.05) is 0 Å². The molecule has 1 rings (SSSR count). The number of carbonyl (C=O) groups excluding carboxylic acids is 1. The van der Waals surface area contributed by atoms with Crippen molar-refractivity contribution < 1.29 is 17.9 Å². The molecule has 1 aromatic rings. The Morgan fingerprint density at radius 1 is 1.33 bits per heavy atom. The molecule has 0 aromatic carbocycles. The molecule has 1 N–H and O–H groups in total. The number of amides is 1. The van der Waals surface area contributed by atoms with Crippen molar-refractivity contribution in [2.75, 3.05) is 5.32 Å². The molecule has 0 radical (unpaired) electrons. The number of ether oxygens (including phenoxy) is 1. The molecule has 0 fully saturated rings. The van der Waals surface area contributed by atoms with Crippen LogP contribution in [0.4, 0.5) is 10.6 Å². The molecule has 1 heterocycles. The van der Waals surface area contributed by atoms with E-state index in [-0.39, 0.29) is 10.8 Å². The van der Waals surface area contributed by atoms with Crippen molar-refractivity contribution in [3.63, 3.8) is 0 Å². The maximum absolute atomic E-state index is 11.4. The molecule has 0 aliphatic carbocycles. The van der Waals surface area contributed by atoms with E-state index in [1.54, 1.807) is 20.8 Å². The number of hydrogen-bond acceptors (Lipinski definition) is 6. The molecule has 0 aliphatic heterocycles. The van der Waals surface area contributed by atoms with Crippen LogP contribution in [-0.4, -0.2) is 30.3 Å². The number of hydrogen-bond donors (Lipinski definition) is 1. The third kappa shape index (κ3) is 4.84. The third-order valence-corrected chi connectivity index (χ3v) is 2.71. The van der Waals surface area contributed by atoms with Crippen molar-refractivity contribution >= 4 is 31.6 Å². The van der Waals surface area contributed by atoms with Crippen molar-refractivity contribution in [3.05, 3.63) is 12.1 Å². The zero-order valence-electron chi connectivity index (χ0n) is 9.97. The van der Waals surface area contributed by atoms with Crippen LogP contribution in [-0.2, 0) is 13.8 Å². The van der Waals surface area contributed by atoms with Gasteiger partial charge in [0, 0.05) is 10.7 Å². The van der Waals surface area contributed by atoms with Crippen LogP contribution in [0.3, 0.4) is 0 Å². The summed E-state index contributed by atoms with van der Waals surface area (Å²) in [5.41, 5.74) is -0.642. The van der Waals surface area contributed by atoms with E-state index >= 15 is 0 Å². The number of carbonyl (C=O) groups is 1. The Morgan fingerprint density at radius 3 is 2.33 bits per heavy atom. The Bertz CT molecular complexity index is 536. The normalized spacial score (nSPS) is 12.0. The van der Waals surface area contributed by atoms with Crippen LogP contribution in [0.1, 0.15) is 20.8 Å². The predicted octanol–water partition coefficient (Wildman–Crippen LogP) is 1.75. The molecule has 1 aromatic heterocycles. The van der Waals surface area contributed by atoms with Gasteiger partial charge in [0.25, 0.3) is 9.05 Å². The minimum absolute atomic E-state index is 0.0633. The predicted molar refractivity (Wildman–Crippen MR) is 64.9 cm³/mol. The van der Waals surface area contributed by atoms with Crippen LogP contribution < -0.4 is 5.32 Å². The van der Waals surface area contributed by atoms with E-state index in [0.29, 0.717) is 0 Å². The molecule has 0 unspecified atom stereocenters. The van der Waals surface area contributed by atoms with E-state index in [9.17, 15) is 13.2 Å². The first-order chi connectivity index (χ1) is 8.08. The molecule has 7 nitrogen and oxygen atoms in total. The second kappa shape index (κ2) is 5.07. The second-order valence-corrected chi connectivity index (χ2v) is 6.83. The van der Waals surface area contributed by atoms with E-state index in [0.717, 1.165) is 6.07 Å². The van der Waals surface area contributed by atoms with Gasteiger partial charge in [-0.25, -0.2) is 13.2 Å². The number of nitrogens with one attached hydrogen (secondary N) is 1. The lowest BCUT2D eigenvalue weighted by molar-refractivity contribution is 0.0635. The van der Waals surface area contributed by atoms with Crippen molar-refractivity contribution in [1.82, 2.24) is 10.2 Å². The molecule has 0 spiro atoms. The van der Waals surface area contributed by atoms with Gasteiger partial charge in [-0.2, -0.15) is 0 Å². The summed E-state index contributed by atoms with van der Waals surface area (Å²) >= 11 is 0. The van der Waals surface area contributed by atoms with Crippen molar-refractivity contribution in [3.8, 4) is 0 Å². The van der Waals surface area contributed by atoms with Gasteiger partial charge in [0.15, 0.2) is 10.8 Å². The Labute approximate surface area is 109 Å². The monoisotopic (exact) mass is 293 g/mol. The number of halogens is 1. The van der Waals surface area contributed by atoms with Crippen LogP contribution in [0.5, 0.6) is 0 Å². The van der Waals surface area contributed by atoms with Gasteiger partial charge < -0.3 is 4.74 Å². The Morgan fingerprint density at radius 2 is 1.94 bits per heavy atom. The van der Waals surface area contributed by atoms with Crippen molar-refractivity contribution in [2.24, 2.45) is 0 Å². The summed E-state index contributed by atoms with van der Waals surface area (Å²) in [4.78, 5) is 11.4. The van der Waals surface area contributed by atoms with E-state index in [2.05, 4.69) is 15.5 Å². The van der Waals surface area contributed by atoms with E-state index in [1.165, 1.54) is 6.07 Å². The molecule has 0 bridgehead atoms. The summed E-state index contributed by atoms with van der Waals surface area (Å²) in [6, 6.07) is 2.38. The fourth-order valence-corrected chi connectivity index (χ4v) is 1.54. The zero-order chi connectivity index (χ0) is 14.0. The number of aromatic nitrogens is 2. The Kier molecular flexibility index (Phi) is 4.12. The SMILES string of the molecule is CC(C)(C)OC(=O)Nc1ccc(S(=O)(=O)Cl)nn1. The van der Waals surface area contributed by atoms with Crippen LogP contribution in [0.15, 0.2) is 17.2 Å². The minimum atomic E-state index is -3.92. The zero-order valence-corrected chi connectivity index (χ0v) is 11.5. The Hall–Kier alpha value is -1.41. The van der Waals surface area contributed by atoms with Crippen molar-refractivity contribution in [2.45, 2.75) is 31.4 Å². The highest BCUT2D eigenvalue weighted by Crippen LogP contribution is 2.13.